The number of rotatable bonds is 2. The van der Waals surface area contributed by atoms with E-state index in [4.69, 9.17) is 6.42 Å². The molecule has 0 aliphatic rings. The summed E-state index contributed by atoms with van der Waals surface area (Å²) in [6, 6.07) is 4.80. The van der Waals surface area contributed by atoms with Gasteiger partial charge in [-0.2, -0.15) is 0 Å². The second-order valence-corrected chi connectivity index (χ2v) is 3.87. The Hall–Kier alpha value is -2.87. The van der Waals surface area contributed by atoms with Crippen LogP contribution in [-0.2, 0) is 0 Å². The Morgan fingerprint density at radius 3 is 2.79 bits per heavy atom. The number of terminal acetylenes is 1. The van der Waals surface area contributed by atoms with Gasteiger partial charge in [0.05, 0.1) is 11.9 Å². The lowest BCUT2D eigenvalue weighted by Crippen LogP contribution is -2.19. The number of amides is 2. The number of aromatic nitrogens is 2. The maximum Gasteiger partial charge on any atom is 0.323 e. The van der Waals surface area contributed by atoms with Gasteiger partial charge < -0.3 is 10.6 Å². The smallest absolute Gasteiger partial charge is 0.308 e. The summed E-state index contributed by atoms with van der Waals surface area (Å²) in [4.78, 5) is 19.8. The van der Waals surface area contributed by atoms with Crippen molar-refractivity contribution in [2.24, 2.45) is 0 Å². The van der Waals surface area contributed by atoms with Crippen LogP contribution in [0.4, 0.5) is 16.2 Å². The summed E-state index contributed by atoms with van der Waals surface area (Å²) in [5.74, 6) is 2.46. The highest BCUT2D eigenvalue weighted by atomic mass is 16.2. The third-order valence-electron chi connectivity index (χ3n) is 2.32. The van der Waals surface area contributed by atoms with Gasteiger partial charge in [-0.25, -0.2) is 4.79 Å². The Morgan fingerprint density at radius 1 is 1.26 bits per heavy atom. The molecule has 0 aromatic carbocycles. The van der Waals surface area contributed by atoms with Crippen molar-refractivity contribution < 1.29 is 4.79 Å². The summed E-state index contributed by atoms with van der Waals surface area (Å²) in [5, 5.41) is 5.36. The molecule has 2 aromatic rings. The van der Waals surface area contributed by atoms with Crippen LogP contribution in [0.2, 0.25) is 0 Å². The van der Waals surface area contributed by atoms with Crippen LogP contribution < -0.4 is 10.6 Å². The Bertz CT molecular complexity index is 646. The van der Waals surface area contributed by atoms with Crippen molar-refractivity contribution in [3.63, 3.8) is 0 Å². The van der Waals surface area contributed by atoms with E-state index in [0.717, 1.165) is 5.69 Å². The number of carbonyl (C=O) groups excluding carboxylic acids is 1. The standard InChI is InChI=1S/C14H12N4O/c1-3-11-7-13(9-15-8-11)18-14(19)17-12-4-5-16-10(2)6-12/h1,4-9H,2H3,(H2,16,17,18,19). The van der Waals surface area contributed by atoms with Crippen molar-refractivity contribution in [1.29, 1.82) is 0 Å². The molecule has 5 nitrogen and oxygen atoms in total. The molecule has 2 aromatic heterocycles. The van der Waals surface area contributed by atoms with Gasteiger partial charge in [0.25, 0.3) is 0 Å². The van der Waals surface area contributed by atoms with Gasteiger partial charge in [-0.1, -0.05) is 5.92 Å². The molecule has 0 fully saturated rings. The first-order valence-corrected chi connectivity index (χ1v) is 5.60. The van der Waals surface area contributed by atoms with Crippen LogP contribution in [0.3, 0.4) is 0 Å². The molecule has 0 atom stereocenters. The number of nitrogens with zero attached hydrogens (tertiary/aromatic N) is 2. The van der Waals surface area contributed by atoms with Crippen molar-refractivity contribution in [2.45, 2.75) is 6.92 Å². The van der Waals surface area contributed by atoms with Gasteiger partial charge in [-0.15, -0.1) is 6.42 Å². The lowest BCUT2D eigenvalue weighted by molar-refractivity contribution is 0.262. The molecule has 0 saturated carbocycles. The molecular weight excluding hydrogens is 240 g/mol. The predicted molar refractivity (Wildman–Crippen MR) is 73.8 cm³/mol. The highest BCUT2D eigenvalue weighted by Crippen LogP contribution is 2.10. The molecule has 5 heteroatoms. The second-order valence-electron chi connectivity index (χ2n) is 3.87. The fourth-order valence-electron chi connectivity index (χ4n) is 1.50. The zero-order valence-electron chi connectivity index (χ0n) is 10.3. The Morgan fingerprint density at radius 2 is 2.05 bits per heavy atom. The van der Waals surface area contributed by atoms with Gasteiger partial charge in [-0.3, -0.25) is 9.97 Å². The van der Waals surface area contributed by atoms with Crippen LogP contribution in [0.1, 0.15) is 11.3 Å². The third-order valence-corrected chi connectivity index (χ3v) is 2.32. The molecular formula is C14H12N4O. The van der Waals surface area contributed by atoms with Crippen LogP contribution in [0.15, 0.2) is 36.8 Å². The van der Waals surface area contributed by atoms with E-state index < -0.39 is 0 Å². The fraction of sp³-hybridized carbons (Fsp3) is 0.0714. The van der Waals surface area contributed by atoms with E-state index in [-0.39, 0.29) is 6.03 Å². The van der Waals surface area contributed by atoms with E-state index in [9.17, 15) is 4.79 Å². The molecule has 19 heavy (non-hydrogen) atoms. The monoisotopic (exact) mass is 252 g/mol. The average Bonchev–Trinajstić information content (AvgIpc) is 2.38. The highest BCUT2D eigenvalue weighted by Gasteiger charge is 2.03. The minimum absolute atomic E-state index is 0.360. The minimum atomic E-state index is -0.360. The Kier molecular flexibility index (Phi) is 3.74. The summed E-state index contributed by atoms with van der Waals surface area (Å²) < 4.78 is 0. The van der Waals surface area contributed by atoms with Gasteiger partial charge >= 0.3 is 6.03 Å². The van der Waals surface area contributed by atoms with E-state index in [1.165, 1.54) is 6.20 Å². The number of urea groups is 1. The topological polar surface area (TPSA) is 66.9 Å². The zero-order chi connectivity index (χ0) is 13.7. The second kappa shape index (κ2) is 5.65. The largest absolute Gasteiger partial charge is 0.323 e. The first kappa shape index (κ1) is 12.6. The molecule has 2 rings (SSSR count). The Balaban J connectivity index is 2.03. The van der Waals surface area contributed by atoms with Crippen molar-refractivity contribution in [2.75, 3.05) is 10.6 Å². The number of pyridine rings is 2. The van der Waals surface area contributed by atoms with Gasteiger partial charge in [0, 0.05) is 29.3 Å². The van der Waals surface area contributed by atoms with E-state index in [1.54, 1.807) is 30.6 Å². The molecule has 0 unspecified atom stereocenters. The number of carbonyl (C=O) groups is 1. The molecule has 2 amide bonds. The van der Waals surface area contributed by atoms with Gasteiger partial charge in [0.15, 0.2) is 0 Å². The number of anilines is 2. The van der Waals surface area contributed by atoms with Gasteiger partial charge in [-0.05, 0) is 25.1 Å². The molecule has 0 radical (unpaired) electrons. The first-order chi connectivity index (χ1) is 9.17. The maximum atomic E-state index is 11.8. The van der Waals surface area contributed by atoms with Gasteiger partial charge in [0.2, 0.25) is 0 Å². The third kappa shape index (κ3) is 3.54. The van der Waals surface area contributed by atoms with Crippen LogP contribution in [0.5, 0.6) is 0 Å². The van der Waals surface area contributed by atoms with Crippen molar-refractivity contribution in [3.8, 4) is 12.3 Å². The Labute approximate surface area is 111 Å². The minimum Gasteiger partial charge on any atom is -0.308 e. The lowest BCUT2D eigenvalue weighted by atomic mass is 10.3. The van der Waals surface area contributed by atoms with Crippen molar-refractivity contribution in [1.82, 2.24) is 9.97 Å². The lowest BCUT2D eigenvalue weighted by Gasteiger charge is -2.07. The molecule has 94 valence electrons. The predicted octanol–water partition coefficient (Wildman–Crippen LogP) is 2.41. The summed E-state index contributed by atoms with van der Waals surface area (Å²) in [7, 11) is 0. The normalized spacial score (nSPS) is 9.47. The van der Waals surface area contributed by atoms with Crippen LogP contribution in [-0.4, -0.2) is 16.0 Å². The number of aryl methyl sites for hydroxylation is 1. The number of nitrogens with one attached hydrogen (secondary N) is 2. The highest BCUT2D eigenvalue weighted by molar-refractivity contribution is 5.99. The summed E-state index contributed by atoms with van der Waals surface area (Å²) in [6.45, 7) is 1.85. The molecule has 2 N–H and O–H groups in total. The molecule has 0 aliphatic carbocycles. The maximum absolute atomic E-state index is 11.8. The number of hydrogen-bond acceptors (Lipinski definition) is 3. The fourth-order valence-corrected chi connectivity index (χ4v) is 1.50. The van der Waals surface area contributed by atoms with E-state index >= 15 is 0 Å². The molecule has 0 spiro atoms. The summed E-state index contributed by atoms with van der Waals surface area (Å²) in [5.41, 5.74) is 2.65. The molecule has 0 aliphatic heterocycles. The van der Waals surface area contributed by atoms with E-state index in [1.807, 2.05) is 6.92 Å². The van der Waals surface area contributed by atoms with Crippen LogP contribution in [0.25, 0.3) is 0 Å². The van der Waals surface area contributed by atoms with Crippen LogP contribution >= 0.6 is 0 Å². The average molecular weight is 252 g/mol. The quantitative estimate of drug-likeness (QED) is 0.806. The van der Waals surface area contributed by atoms with Crippen molar-refractivity contribution >= 4 is 17.4 Å². The van der Waals surface area contributed by atoms with Crippen LogP contribution in [0, 0.1) is 19.3 Å². The molecule has 0 bridgehead atoms. The van der Waals surface area contributed by atoms with Gasteiger partial charge in [0.1, 0.15) is 0 Å². The van der Waals surface area contributed by atoms with E-state index in [0.29, 0.717) is 16.9 Å². The molecule has 0 saturated heterocycles. The molecule has 2 heterocycles. The summed E-state index contributed by atoms with van der Waals surface area (Å²) >= 11 is 0. The van der Waals surface area contributed by atoms with E-state index in [2.05, 4.69) is 26.5 Å². The number of hydrogen-bond donors (Lipinski definition) is 2. The first-order valence-electron chi connectivity index (χ1n) is 5.60. The van der Waals surface area contributed by atoms with Crippen molar-refractivity contribution in [3.05, 3.63) is 48.0 Å². The SMILES string of the molecule is C#Cc1cncc(NC(=O)Nc2ccnc(C)c2)c1. The zero-order valence-corrected chi connectivity index (χ0v) is 10.3. The summed E-state index contributed by atoms with van der Waals surface area (Å²) in [6.07, 6.45) is 9.97.